The summed E-state index contributed by atoms with van der Waals surface area (Å²) in [4.78, 5) is 12.1. The normalized spacial score (nSPS) is 12.0. The number of carbonyl (C=O) groups is 1. The minimum Gasteiger partial charge on any atom is -0.392 e. The first-order valence-corrected chi connectivity index (χ1v) is 7.65. The topological polar surface area (TPSA) is 49.3 Å². The average molecular weight is 297 g/mol. The number of hydrogen-bond donors (Lipinski definition) is 2. The van der Waals surface area contributed by atoms with Crippen molar-refractivity contribution in [1.82, 2.24) is 0 Å². The van der Waals surface area contributed by atoms with Crippen LogP contribution in [0.5, 0.6) is 0 Å². The van der Waals surface area contributed by atoms with Crippen molar-refractivity contribution in [3.8, 4) is 0 Å². The molecule has 0 heterocycles. The molecule has 22 heavy (non-hydrogen) atoms. The Bertz CT molecular complexity index is 623. The van der Waals surface area contributed by atoms with Crippen molar-refractivity contribution in [2.24, 2.45) is 0 Å². The van der Waals surface area contributed by atoms with Crippen LogP contribution in [0.15, 0.2) is 48.5 Å². The number of aliphatic hydroxyl groups is 1. The van der Waals surface area contributed by atoms with Gasteiger partial charge in [0.05, 0.1) is 6.61 Å². The SMILES string of the molecule is Cc1ccc(CO)cc1NC(=O)CCC(C)c1ccccc1. The van der Waals surface area contributed by atoms with Crippen LogP contribution >= 0.6 is 0 Å². The largest absolute Gasteiger partial charge is 0.392 e. The van der Waals surface area contributed by atoms with Gasteiger partial charge in [0.15, 0.2) is 0 Å². The Labute approximate surface area is 132 Å². The molecular formula is C19H23NO2. The molecule has 0 aromatic heterocycles. The highest BCUT2D eigenvalue weighted by Crippen LogP contribution is 2.21. The van der Waals surface area contributed by atoms with E-state index in [0.717, 1.165) is 23.2 Å². The third-order valence-electron chi connectivity index (χ3n) is 3.93. The minimum absolute atomic E-state index is 0.0148. The van der Waals surface area contributed by atoms with Crippen molar-refractivity contribution >= 4 is 11.6 Å². The van der Waals surface area contributed by atoms with E-state index in [-0.39, 0.29) is 12.5 Å². The van der Waals surface area contributed by atoms with Crippen molar-refractivity contribution in [3.63, 3.8) is 0 Å². The van der Waals surface area contributed by atoms with Crippen LogP contribution in [0.25, 0.3) is 0 Å². The van der Waals surface area contributed by atoms with Gasteiger partial charge in [0.25, 0.3) is 0 Å². The van der Waals surface area contributed by atoms with Crippen molar-refractivity contribution in [3.05, 3.63) is 65.2 Å². The molecule has 2 aromatic rings. The van der Waals surface area contributed by atoms with E-state index in [1.165, 1.54) is 5.56 Å². The van der Waals surface area contributed by atoms with Gasteiger partial charge >= 0.3 is 0 Å². The van der Waals surface area contributed by atoms with E-state index in [4.69, 9.17) is 0 Å². The maximum absolute atomic E-state index is 12.1. The first-order chi connectivity index (χ1) is 10.6. The fraction of sp³-hybridized carbons (Fsp3) is 0.316. The third-order valence-corrected chi connectivity index (χ3v) is 3.93. The molecule has 0 aliphatic heterocycles. The maximum atomic E-state index is 12.1. The number of nitrogens with one attached hydrogen (secondary N) is 1. The zero-order chi connectivity index (χ0) is 15.9. The second kappa shape index (κ2) is 7.76. The smallest absolute Gasteiger partial charge is 0.224 e. The Morgan fingerprint density at radius 2 is 1.91 bits per heavy atom. The Kier molecular flexibility index (Phi) is 5.73. The molecule has 0 saturated carbocycles. The Morgan fingerprint density at radius 1 is 1.18 bits per heavy atom. The summed E-state index contributed by atoms with van der Waals surface area (Å²) in [5.41, 5.74) is 3.85. The van der Waals surface area contributed by atoms with Crippen LogP contribution in [0.2, 0.25) is 0 Å². The van der Waals surface area contributed by atoms with E-state index in [0.29, 0.717) is 12.3 Å². The van der Waals surface area contributed by atoms with E-state index in [9.17, 15) is 9.90 Å². The van der Waals surface area contributed by atoms with Crippen LogP contribution in [0.3, 0.4) is 0 Å². The number of anilines is 1. The van der Waals surface area contributed by atoms with E-state index >= 15 is 0 Å². The molecular weight excluding hydrogens is 274 g/mol. The molecule has 1 atom stereocenters. The van der Waals surface area contributed by atoms with Gasteiger partial charge in [0, 0.05) is 12.1 Å². The monoisotopic (exact) mass is 297 g/mol. The summed E-state index contributed by atoms with van der Waals surface area (Å²) in [6.07, 6.45) is 1.30. The van der Waals surface area contributed by atoms with Gasteiger partial charge in [0.2, 0.25) is 5.91 Å². The molecule has 1 unspecified atom stereocenters. The fourth-order valence-electron chi connectivity index (χ4n) is 2.41. The number of aryl methyl sites for hydroxylation is 1. The molecule has 116 valence electrons. The zero-order valence-electron chi connectivity index (χ0n) is 13.2. The summed E-state index contributed by atoms with van der Waals surface area (Å²) in [6, 6.07) is 15.8. The number of amides is 1. The van der Waals surface area contributed by atoms with Crippen LogP contribution in [-0.4, -0.2) is 11.0 Å². The summed E-state index contributed by atoms with van der Waals surface area (Å²) in [7, 11) is 0. The van der Waals surface area contributed by atoms with Crippen molar-refractivity contribution in [2.75, 3.05) is 5.32 Å². The molecule has 2 rings (SSSR count). The molecule has 0 saturated heterocycles. The van der Waals surface area contributed by atoms with Crippen LogP contribution in [-0.2, 0) is 11.4 Å². The lowest BCUT2D eigenvalue weighted by molar-refractivity contribution is -0.116. The molecule has 0 fully saturated rings. The molecule has 0 bridgehead atoms. The van der Waals surface area contributed by atoms with E-state index in [1.807, 2.05) is 43.3 Å². The average Bonchev–Trinajstić information content (AvgIpc) is 2.55. The third kappa shape index (κ3) is 4.43. The van der Waals surface area contributed by atoms with Crippen LogP contribution in [0.1, 0.15) is 42.4 Å². The second-order valence-corrected chi connectivity index (χ2v) is 5.71. The maximum Gasteiger partial charge on any atom is 0.224 e. The fourth-order valence-corrected chi connectivity index (χ4v) is 2.41. The summed E-state index contributed by atoms with van der Waals surface area (Å²) in [5, 5.41) is 12.1. The van der Waals surface area contributed by atoms with Gasteiger partial charge in [-0.05, 0) is 42.0 Å². The molecule has 3 nitrogen and oxygen atoms in total. The molecule has 1 amide bonds. The van der Waals surface area contributed by atoms with Gasteiger partial charge in [-0.2, -0.15) is 0 Å². The summed E-state index contributed by atoms with van der Waals surface area (Å²) in [6.45, 7) is 4.07. The van der Waals surface area contributed by atoms with Gasteiger partial charge < -0.3 is 10.4 Å². The molecule has 0 radical (unpaired) electrons. The van der Waals surface area contributed by atoms with Crippen LogP contribution in [0.4, 0.5) is 5.69 Å². The summed E-state index contributed by atoms with van der Waals surface area (Å²) >= 11 is 0. The highest BCUT2D eigenvalue weighted by atomic mass is 16.3. The molecule has 0 spiro atoms. The van der Waals surface area contributed by atoms with Crippen molar-refractivity contribution < 1.29 is 9.90 Å². The second-order valence-electron chi connectivity index (χ2n) is 5.71. The number of carbonyl (C=O) groups excluding carboxylic acids is 1. The quantitative estimate of drug-likeness (QED) is 0.846. The molecule has 3 heteroatoms. The standard InChI is InChI=1S/C19H23NO2/c1-14(17-6-4-3-5-7-17)9-11-19(22)20-18-12-16(13-21)10-8-15(18)2/h3-8,10,12,14,21H,9,11,13H2,1-2H3,(H,20,22). The van der Waals surface area contributed by atoms with Crippen LogP contribution < -0.4 is 5.32 Å². The first-order valence-electron chi connectivity index (χ1n) is 7.65. The predicted octanol–water partition coefficient (Wildman–Crippen LogP) is 4.01. The lowest BCUT2D eigenvalue weighted by Gasteiger charge is -2.13. The van der Waals surface area contributed by atoms with Gasteiger partial charge in [-0.1, -0.05) is 49.4 Å². The Hall–Kier alpha value is -2.13. The van der Waals surface area contributed by atoms with E-state index in [1.54, 1.807) is 0 Å². The number of aliphatic hydroxyl groups excluding tert-OH is 1. The van der Waals surface area contributed by atoms with Gasteiger partial charge in [-0.25, -0.2) is 0 Å². The summed E-state index contributed by atoms with van der Waals surface area (Å²) in [5.74, 6) is 0.373. The van der Waals surface area contributed by atoms with Crippen molar-refractivity contribution in [1.29, 1.82) is 0 Å². The van der Waals surface area contributed by atoms with E-state index in [2.05, 4.69) is 24.4 Å². The Morgan fingerprint density at radius 3 is 2.59 bits per heavy atom. The highest BCUT2D eigenvalue weighted by molar-refractivity contribution is 5.91. The predicted molar refractivity (Wildman–Crippen MR) is 89.8 cm³/mol. The number of rotatable bonds is 6. The van der Waals surface area contributed by atoms with Crippen LogP contribution in [0, 0.1) is 6.92 Å². The molecule has 2 aromatic carbocycles. The molecule has 0 aliphatic rings. The number of hydrogen-bond acceptors (Lipinski definition) is 2. The molecule has 2 N–H and O–H groups in total. The molecule has 0 aliphatic carbocycles. The lowest BCUT2D eigenvalue weighted by atomic mass is 9.96. The van der Waals surface area contributed by atoms with Gasteiger partial charge in [-0.3, -0.25) is 4.79 Å². The Balaban J connectivity index is 1.91. The van der Waals surface area contributed by atoms with Gasteiger partial charge in [-0.15, -0.1) is 0 Å². The lowest BCUT2D eigenvalue weighted by Crippen LogP contribution is -2.13. The van der Waals surface area contributed by atoms with E-state index < -0.39 is 0 Å². The summed E-state index contributed by atoms with van der Waals surface area (Å²) < 4.78 is 0. The first kappa shape index (κ1) is 16.2. The minimum atomic E-state index is -0.0197. The zero-order valence-corrected chi connectivity index (χ0v) is 13.2. The number of benzene rings is 2. The van der Waals surface area contributed by atoms with Gasteiger partial charge in [0.1, 0.15) is 0 Å². The highest BCUT2D eigenvalue weighted by Gasteiger charge is 2.10. The van der Waals surface area contributed by atoms with Crippen molar-refractivity contribution in [2.45, 2.75) is 39.2 Å².